The van der Waals surface area contributed by atoms with Crippen molar-refractivity contribution >= 4 is 22.4 Å². The van der Waals surface area contributed by atoms with Crippen LogP contribution in [-0.2, 0) is 10.0 Å². The largest absolute Gasteiger partial charge is 0.314 e. The molecule has 0 aliphatic carbocycles. The monoisotopic (exact) mass is 320 g/mol. The molecule has 20 heavy (non-hydrogen) atoms. The van der Waals surface area contributed by atoms with Crippen LogP contribution in [0.2, 0.25) is 0 Å². The highest BCUT2D eigenvalue weighted by molar-refractivity contribution is 7.88. The van der Waals surface area contributed by atoms with Gasteiger partial charge in [0.25, 0.3) is 0 Å². The van der Waals surface area contributed by atoms with E-state index in [1.54, 1.807) is 6.20 Å². The molecule has 0 bridgehead atoms. The van der Waals surface area contributed by atoms with Crippen LogP contribution >= 0.6 is 12.4 Å². The summed E-state index contributed by atoms with van der Waals surface area (Å²) in [5, 5.41) is 3.36. The molecule has 1 saturated heterocycles. The molecule has 1 aliphatic heterocycles. The van der Waals surface area contributed by atoms with Crippen molar-refractivity contribution in [2.24, 2.45) is 0 Å². The lowest BCUT2D eigenvalue weighted by atomic mass is 10.1. The Morgan fingerprint density at radius 2 is 2.35 bits per heavy atom. The number of halogens is 1. The van der Waals surface area contributed by atoms with E-state index in [9.17, 15) is 8.42 Å². The third-order valence-electron chi connectivity index (χ3n) is 3.19. The minimum absolute atomic E-state index is 0. The molecule has 8 heteroatoms. The fourth-order valence-corrected chi connectivity index (χ4v) is 2.75. The number of hydrogen-bond donors (Lipinski definition) is 2. The lowest BCUT2D eigenvalue weighted by molar-refractivity contribution is 0.165. The minimum Gasteiger partial charge on any atom is -0.314 e. The number of nitrogens with zero attached hydrogens (tertiary/aromatic N) is 2. The topological polar surface area (TPSA) is 74.3 Å². The van der Waals surface area contributed by atoms with Crippen molar-refractivity contribution in [2.45, 2.75) is 6.04 Å². The Morgan fingerprint density at radius 3 is 3.00 bits per heavy atom. The van der Waals surface area contributed by atoms with Crippen LogP contribution in [0.1, 0.15) is 11.6 Å². The first-order valence-electron chi connectivity index (χ1n) is 6.35. The number of nitrogens with one attached hydrogen (secondary N) is 2. The molecule has 2 N–H and O–H groups in total. The average molecular weight is 321 g/mol. The number of aromatic nitrogens is 1. The number of piperazine rings is 1. The molecule has 2 heterocycles. The van der Waals surface area contributed by atoms with Crippen LogP contribution in [0.3, 0.4) is 0 Å². The number of sulfonamides is 1. The molecule has 114 valence electrons. The fourth-order valence-electron chi connectivity index (χ4n) is 2.29. The lowest BCUT2D eigenvalue weighted by Crippen LogP contribution is -2.48. The zero-order valence-electron chi connectivity index (χ0n) is 11.4. The van der Waals surface area contributed by atoms with Crippen LogP contribution in [0.4, 0.5) is 0 Å². The van der Waals surface area contributed by atoms with Gasteiger partial charge in [-0.05, 0) is 11.6 Å². The molecule has 0 aromatic carbocycles. The highest BCUT2D eigenvalue weighted by Crippen LogP contribution is 2.20. The van der Waals surface area contributed by atoms with Crippen LogP contribution in [0, 0.1) is 0 Å². The summed E-state index contributed by atoms with van der Waals surface area (Å²) in [7, 11) is -3.11. The van der Waals surface area contributed by atoms with Crippen molar-refractivity contribution in [1.82, 2.24) is 19.9 Å². The smallest absolute Gasteiger partial charge is 0.208 e. The average Bonchev–Trinajstić information content (AvgIpc) is 2.39. The Hall–Kier alpha value is -0.730. The second-order valence-electron chi connectivity index (χ2n) is 4.71. The van der Waals surface area contributed by atoms with Gasteiger partial charge in [0.05, 0.1) is 6.26 Å². The van der Waals surface area contributed by atoms with Crippen molar-refractivity contribution in [3.63, 3.8) is 0 Å². The van der Waals surface area contributed by atoms with Crippen molar-refractivity contribution in [1.29, 1.82) is 0 Å². The highest BCUT2D eigenvalue weighted by Gasteiger charge is 2.23. The normalized spacial score (nSPS) is 20.4. The number of rotatable bonds is 5. The molecule has 0 spiro atoms. The van der Waals surface area contributed by atoms with E-state index in [0.717, 1.165) is 25.2 Å². The lowest BCUT2D eigenvalue weighted by Gasteiger charge is -2.36. The summed E-state index contributed by atoms with van der Waals surface area (Å²) in [6, 6.07) is 4.24. The Balaban J connectivity index is 0.00000200. The van der Waals surface area contributed by atoms with Crippen molar-refractivity contribution in [3.8, 4) is 0 Å². The molecule has 0 saturated carbocycles. The van der Waals surface area contributed by atoms with Crippen LogP contribution in [0.25, 0.3) is 0 Å². The first-order valence-corrected chi connectivity index (χ1v) is 8.25. The molecule has 0 amide bonds. The summed E-state index contributed by atoms with van der Waals surface area (Å²) in [6.45, 7) is 3.84. The molecule has 1 aromatic rings. The number of hydrogen-bond acceptors (Lipinski definition) is 5. The van der Waals surface area contributed by atoms with E-state index < -0.39 is 10.0 Å². The van der Waals surface area contributed by atoms with Gasteiger partial charge in [0.15, 0.2) is 0 Å². The summed E-state index contributed by atoms with van der Waals surface area (Å²) in [5.74, 6) is 0. The molecule has 6 nitrogen and oxygen atoms in total. The van der Waals surface area contributed by atoms with E-state index in [1.165, 1.54) is 6.26 Å². The molecule has 1 aromatic heterocycles. The highest BCUT2D eigenvalue weighted by atomic mass is 35.5. The van der Waals surface area contributed by atoms with Gasteiger partial charge in [0.2, 0.25) is 10.0 Å². The van der Waals surface area contributed by atoms with Gasteiger partial charge in [-0.2, -0.15) is 0 Å². The van der Waals surface area contributed by atoms with Gasteiger partial charge in [0.1, 0.15) is 0 Å². The van der Waals surface area contributed by atoms with Gasteiger partial charge < -0.3 is 5.32 Å². The molecular formula is C12H21ClN4O2S. The summed E-state index contributed by atoms with van der Waals surface area (Å²) in [5.41, 5.74) is 1.16. The third-order valence-corrected chi connectivity index (χ3v) is 3.92. The first-order chi connectivity index (χ1) is 9.06. The summed E-state index contributed by atoms with van der Waals surface area (Å²) in [6.07, 6.45) is 4.81. The summed E-state index contributed by atoms with van der Waals surface area (Å²) < 4.78 is 24.7. The van der Waals surface area contributed by atoms with Crippen molar-refractivity contribution in [2.75, 3.05) is 39.0 Å². The molecule has 1 aliphatic rings. The zero-order chi connectivity index (χ0) is 13.7. The second kappa shape index (κ2) is 7.90. The van der Waals surface area contributed by atoms with E-state index in [-0.39, 0.29) is 18.4 Å². The fraction of sp³-hybridized carbons (Fsp3) is 0.583. The maximum absolute atomic E-state index is 11.1. The zero-order valence-corrected chi connectivity index (χ0v) is 13.1. The van der Waals surface area contributed by atoms with Gasteiger partial charge >= 0.3 is 0 Å². The van der Waals surface area contributed by atoms with Crippen LogP contribution in [0.5, 0.6) is 0 Å². The molecule has 2 rings (SSSR count). The molecule has 1 unspecified atom stereocenters. The van der Waals surface area contributed by atoms with Gasteiger partial charge in [-0.25, -0.2) is 13.1 Å². The molecular weight excluding hydrogens is 300 g/mol. The van der Waals surface area contributed by atoms with E-state index in [2.05, 4.69) is 26.0 Å². The van der Waals surface area contributed by atoms with Gasteiger partial charge in [0, 0.05) is 51.2 Å². The van der Waals surface area contributed by atoms with Crippen molar-refractivity contribution in [3.05, 3.63) is 30.1 Å². The Bertz CT molecular complexity index is 497. The van der Waals surface area contributed by atoms with Crippen LogP contribution in [-0.4, -0.2) is 57.3 Å². The maximum atomic E-state index is 11.1. The maximum Gasteiger partial charge on any atom is 0.208 e. The second-order valence-corrected chi connectivity index (χ2v) is 6.54. The third kappa shape index (κ3) is 5.34. The standard InChI is InChI=1S/C12H20N4O2S.ClH/c1-19(17,18)15-6-8-16-7-5-14-10-12(16)11-3-2-4-13-9-11;/h2-4,9,12,14-15H,5-8,10H2,1H3;1H. The van der Waals surface area contributed by atoms with Gasteiger partial charge in [-0.1, -0.05) is 6.07 Å². The van der Waals surface area contributed by atoms with Gasteiger partial charge in [-0.3, -0.25) is 9.88 Å². The Kier molecular flexibility index (Phi) is 6.84. The van der Waals surface area contributed by atoms with E-state index in [4.69, 9.17) is 0 Å². The predicted octanol–water partition coefficient (Wildman–Crippen LogP) is -0.00110. The number of pyridine rings is 1. The van der Waals surface area contributed by atoms with Crippen molar-refractivity contribution < 1.29 is 8.42 Å². The Labute approximate surface area is 126 Å². The molecule has 1 atom stereocenters. The van der Waals surface area contributed by atoms with Gasteiger partial charge in [-0.15, -0.1) is 12.4 Å². The molecule has 1 fully saturated rings. The Morgan fingerprint density at radius 1 is 1.55 bits per heavy atom. The van der Waals surface area contributed by atoms with E-state index >= 15 is 0 Å². The summed E-state index contributed by atoms with van der Waals surface area (Å²) in [4.78, 5) is 6.43. The predicted molar refractivity (Wildman–Crippen MR) is 81.5 cm³/mol. The summed E-state index contributed by atoms with van der Waals surface area (Å²) >= 11 is 0. The minimum atomic E-state index is -3.11. The van der Waals surface area contributed by atoms with E-state index in [1.807, 2.05) is 12.3 Å². The first kappa shape index (κ1) is 17.3. The molecule has 0 radical (unpaired) electrons. The SMILES string of the molecule is CS(=O)(=O)NCCN1CCNCC1c1cccnc1.Cl. The van der Waals surface area contributed by atoms with E-state index in [0.29, 0.717) is 13.1 Å². The van der Waals surface area contributed by atoms with Crippen LogP contribution in [0.15, 0.2) is 24.5 Å². The van der Waals surface area contributed by atoms with Crippen LogP contribution < -0.4 is 10.0 Å². The quantitative estimate of drug-likeness (QED) is 0.799.